The Bertz CT molecular complexity index is 635. The van der Waals surface area contributed by atoms with Crippen LogP contribution in [0.5, 0.6) is 0 Å². The molecular formula is C15H19N3O2S. The molecule has 2 aromatic rings. The number of hydrogen-bond donors (Lipinski definition) is 2. The van der Waals surface area contributed by atoms with E-state index >= 15 is 0 Å². The van der Waals surface area contributed by atoms with Gasteiger partial charge in [-0.25, -0.2) is 9.78 Å². The molecule has 0 radical (unpaired) electrons. The molecule has 1 aromatic heterocycles. The predicted octanol–water partition coefficient (Wildman–Crippen LogP) is 4.17. The topological polar surface area (TPSA) is 67.0 Å². The van der Waals surface area contributed by atoms with Crippen molar-refractivity contribution in [2.24, 2.45) is 0 Å². The summed E-state index contributed by atoms with van der Waals surface area (Å²) in [6.45, 7) is 0. The minimum absolute atomic E-state index is 0.414. The number of ether oxygens (including phenoxy) is 1. The zero-order chi connectivity index (χ0) is 14.7. The molecule has 3 rings (SSSR count). The average molecular weight is 305 g/mol. The van der Waals surface area contributed by atoms with E-state index in [1.807, 2.05) is 17.8 Å². The first-order valence-corrected chi connectivity index (χ1v) is 8.14. The summed E-state index contributed by atoms with van der Waals surface area (Å²) in [5, 5.41) is 3.28. The number of nitrogens with zero attached hydrogens (tertiary/aromatic N) is 1. The van der Waals surface area contributed by atoms with Crippen molar-refractivity contribution in [1.82, 2.24) is 9.97 Å². The summed E-state index contributed by atoms with van der Waals surface area (Å²) in [5.74, 6) is 0.414. The van der Waals surface area contributed by atoms with Crippen LogP contribution in [0.25, 0.3) is 11.0 Å². The lowest BCUT2D eigenvalue weighted by Crippen LogP contribution is -2.11. The summed E-state index contributed by atoms with van der Waals surface area (Å²) in [6, 6.07) is 6.19. The van der Waals surface area contributed by atoms with Gasteiger partial charge in [0.1, 0.15) is 0 Å². The molecule has 0 spiro atoms. The van der Waals surface area contributed by atoms with Gasteiger partial charge in [0.25, 0.3) is 0 Å². The SMILES string of the molecule is COC(=O)Nc1nc2ccc(SC3CCCCC3)cc2[nH]1. The van der Waals surface area contributed by atoms with Crippen LogP contribution in [0.3, 0.4) is 0 Å². The van der Waals surface area contributed by atoms with Crippen LogP contribution in [0.15, 0.2) is 23.1 Å². The number of anilines is 1. The minimum atomic E-state index is -0.522. The van der Waals surface area contributed by atoms with Gasteiger partial charge in [-0.3, -0.25) is 5.32 Å². The third-order valence-corrected chi connectivity index (χ3v) is 5.04. The maximum Gasteiger partial charge on any atom is 0.413 e. The van der Waals surface area contributed by atoms with Crippen LogP contribution in [0, 0.1) is 0 Å². The molecule has 21 heavy (non-hydrogen) atoms. The first kappa shape index (κ1) is 14.3. The third kappa shape index (κ3) is 3.50. The number of imidazole rings is 1. The molecule has 0 unspecified atom stereocenters. The Morgan fingerprint density at radius 1 is 1.38 bits per heavy atom. The number of benzene rings is 1. The number of rotatable bonds is 3. The largest absolute Gasteiger partial charge is 0.453 e. The Labute approximate surface area is 127 Å². The number of carbonyl (C=O) groups excluding carboxylic acids is 1. The van der Waals surface area contributed by atoms with Gasteiger partial charge >= 0.3 is 6.09 Å². The van der Waals surface area contributed by atoms with Gasteiger partial charge in [-0.1, -0.05) is 19.3 Å². The zero-order valence-corrected chi connectivity index (χ0v) is 12.8. The number of aromatic nitrogens is 2. The number of aromatic amines is 1. The zero-order valence-electron chi connectivity index (χ0n) is 12.0. The summed E-state index contributed by atoms with van der Waals surface area (Å²) >= 11 is 1.95. The second kappa shape index (κ2) is 6.39. The molecule has 1 aliphatic rings. The normalized spacial score (nSPS) is 16.0. The maximum absolute atomic E-state index is 11.2. The molecule has 2 N–H and O–H groups in total. The lowest BCUT2D eigenvalue weighted by molar-refractivity contribution is 0.186. The fourth-order valence-corrected chi connectivity index (χ4v) is 3.93. The Balaban J connectivity index is 1.74. The van der Waals surface area contributed by atoms with Crippen molar-refractivity contribution in [3.8, 4) is 0 Å². The van der Waals surface area contributed by atoms with E-state index in [9.17, 15) is 4.79 Å². The summed E-state index contributed by atoms with van der Waals surface area (Å²) in [7, 11) is 1.33. The minimum Gasteiger partial charge on any atom is -0.453 e. The summed E-state index contributed by atoms with van der Waals surface area (Å²) in [4.78, 5) is 19.9. The highest BCUT2D eigenvalue weighted by atomic mass is 32.2. The van der Waals surface area contributed by atoms with Gasteiger partial charge in [0.05, 0.1) is 18.1 Å². The van der Waals surface area contributed by atoms with E-state index in [1.165, 1.54) is 44.1 Å². The summed E-state index contributed by atoms with van der Waals surface area (Å²) < 4.78 is 4.56. The van der Waals surface area contributed by atoms with Crippen molar-refractivity contribution < 1.29 is 9.53 Å². The van der Waals surface area contributed by atoms with E-state index in [-0.39, 0.29) is 0 Å². The molecule has 0 bridgehead atoms. The Hall–Kier alpha value is -1.69. The Kier molecular flexibility index (Phi) is 4.34. The third-order valence-electron chi connectivity index (χ3n) is 3.71. The van der Waals surface area contributed by atoms with E-state index in [0.717, 1.165) is 16.3 Å². The first-order valence-electron chi connectivity index (χ1n) is 7.26. The standard InChI is InChI=1S/C15H19N3O2S/c1-20-15(19)18-14-16-12-8-7-11(9-13(12)17-14)21-10-5-3-2-4-6-10/h7-10H,2-6H2,1H3,(H2,16,17,18,19). The molecule has 0 atom stereocenters. The smallest absolute Gasteiger partial charge is 0.413 e. The number of fused-ring (bicyclic) bond motifs is 1. The van der Waals surface area contributed by atoms with Gasteiger partial charge < -0.3 is 9.72 Å². The number of nitrogens with one attached hydrogen (secondary N) is 2. The van der Waals surface area contributed by atoms with Gasteiger partial charge in [-0.05, 0) is 31.0 Å². The molecule has 6 heteroatoms. The van der Waals surface area contributed by atoms with E-state index in [4.69, 9.17) is 0 Å². The van der Waals surface area contributed by atoms with Gasteiger partial charge in [0.2, 0.25) is 5.95 Å². The van der Waals surface area contributed by atoms with Crippen molar-refractivity contribution in [3.63, 3.8) is 0 Å². The number of thioether (sulfide) groups is 1. The predicted molar refractivity (Wildman–Crippen MR) is 84.9 cm³/mol. The van der Waals surface area contributed by atoms with Crippen molar-refractivity contribution in [1.29, 1.82) is 0 Å². The van der Waals surface area contributed by atoms with Crippen molar-refractivity contribution in [2.75, 3.05) is 12.4 Å². The number of carbonyl (C=O) groups is 1. The quantitative estimate of drug-likeness (QED) is 0.893. The number of hydrogen-bond acceptors (Lipinski definition) is 4. The van der Waals surface area contributed by atoms with Crippen LogP contribution >= 0.6 is 11.8 Å². The molecule has 5 nitrogen and oxygen atoms in total. The number of amides is 1. The second-order valence-electron chi connectivity index (χ2n) is 5.26. The molecule has 1 fully saturated rings. The van der Waals surface area contributed by atoms with E-state index in [2.05, 4.69) is 32.2 Å². The molecule has 1 saturated carbocycles. The van der Waals surface area contributed by atoms with Crippen molar-refractivity contribution in [2.45, 2.75) is 42.2 Å². The monoisotopic (exact) mass is 305 g/mol. The highest BCUT2D eigenvalue weighted by Gasteiger charge is 2.15. The molecular weight excluding hydrogens is 286 g/mol. The second-order valence-corrected chi connectivity index (χ2v) is 6.63. The number of methoxy groups -OCH3 is 1. The maximum atomic E-state index is 11.2. The number of H-pyrrole nitrogens is 1. The Morgan fingerprint density at radius 3 is 2.95 bits per heavy atom. The lowest BCUT2D eigenvalue weighted by Gasteiger charge is -2.20. The van der Waals surface area contributed by atoms with Gasteiger partial charge in [-0.2, -0.15) is 0 Å². The lowest BCUT2D eigenvalue weighted by atomic mass is 10.0. The van der Waals surface area contributed by atoms with Crippen LogP contribution in [-0.2, 0) is 4.74 Å². The van der Waals surface area contributed by atoms with Crippen LogP contribution < -0.4 is 5.32 Å². The van der Waals surface area contributed by atoms with Gasteiger partial charge in [0.15, 0.2) is 0 Å². The fourth-order valence-electron chi connectivity index (χ4n) is 2.64. The molecule has 112 valence electrons. The highest BCUT2D eigenvalue weighted by molar-refractivity contribution is 8.00. The van der Waals surface area contributed by atoms with Crippen molar-refractivity contribution >= 4 is 34.8 Å². The first-order chi connectivity index (χ1) is 10.2. The van der Waals surface area contributed by atoms with E-state index < -0.39 is 6.09 Å². The molecule has 1 heterocycles. The van der Waals surface area contributed by atoms with E-state index in [1.54, 1.807) is 0 Å². The molecule has 0 aliphatic heterocycles. The Morgan fingerprint density at radius 2 is 2.19 bits per heavy atom. The summed E-state index contributed by atoms with van der Waals surface area (Å²) in [5.41, 5.74) is 1.77. The van der Waals surface area contributed by atoms with Gasteiger partial charge in [-0.15, -0.1) is 11.8 Å². The van der Waals surface area contributed by atoms with Crippen LogP contribution in [0.1, 0.15) is 32.1 Å². The molecule has 1 aliphatic carbocycles. The van der Waals surface area contributed by atoms with Crippen LogP contribution in [-0.4, -0.2) is 28.4 Å². The fraction of sp³-hybridized carbons (Fsp3) is 0.467. The van der Waals surface area contributed by atoms with E-state index in [0.29, 0.717) is 5.95 Å². The molecule has 1 aromatic carbocycles. The van der Waals surface area contributed by atoms with Crippen LogP contribution in [0.2, 0.25) is 0 Å². The summed E-state index contributed by atoms with van der Waals surface area (Å²) in [6.07, 6.45) is 6.15. The van der Waals surface area contributed by atoms with Crippen molar-refractivity contribution in [3.05, 3.63) is 18.2 Å². The molecule has 0 saturated heterocycles. The highest BCUT2D eigenvalue weighted by Crippen LogP contribution is 2.34. The molecule has 1 amide bonds. The van der Waals surface area contributed by atoms with Gasteiger partial charge in [0, 0.05) is 10.1 Å². The average Bonchev–Trinajstić information content (AvgIpc) is 2.89. The van der Waals surface area contributed by atoms with Crippen LogP contribution in [0.4, 0.5) is 10.7 Å².